The molecule has 2 N–H and O–H groups in total. The summed E-state index contributed by atoms with van der Waals surface area (Å²) >= 11 is 0. The molecule has 1 fully saturated rings. The van der Waals surface area contributed by atoms with Gasteiger partial charge in [-0.2, -0.15) is 0 Å². The Bertz CT molecular complexity index is 187. The van der Waals surface area contributed by atoms with Gasteiger partial charge in [-0.1, -0.05) is 0 Å². The topological polar surface area (TPSA) is 70.0 Å². The summed E-state index contributed by atoms with van der Waals surface area (Å²) in [6.07, 6.45) is -0.492. The first-order valence-electron chi connectivity index (χ1n) is 4.78. The highest BCUT2D eigenvalue weighted by Gasteiger charge is 2.31. The van der Waals surface area contributed by atoms with Crippen molar-refractivity contribution in [2.75, 3.05) is 26.8 Å². The molecule has 0 bridgehead atoms. The van der Waals surface area contributed by atoms with E-state index in [2.05, 4.69) is 0 Å². The van der Waals surface area contributed by atoms with Gasteiger partial charge in [0.15, 0.2) is 0 Å². The number of β-amino-alcohol motifs (C(OH)–C–C–N with tert-alkyl or cyclic N) is 2. The lowest BCUT2D eigenvalue weighted by Crippen LogP contribution is -2.29. The van der Waals surface area contributed by atoms with E-state index >= 15 is 0 Å². The molecule has 0 saturated carbocycles. The Labute approximate surface area is 83.3 Å². The van der Waals surface area contributed by atoms with Crippen molar-refractivity contribution < 1.29 is 19.7 Å². The maximum absolute atomic E-state index is 11.5. The van der Waals surface area contributed by atoms with Crippen molar-refractivity contribution in [3.05, 3.63) is 0 Å². The summed E-state index contributed by atoms with van der Waals surface area (Å²) in [5, 5.41) is 18.4. The number of methoxy groups -OCH3 is 1. The average Bonchev–Trinajstić information content (AvgIpc) is 2.47. The summed E-state index contributed by atoms with van der Waals surface area (Å²) in [5.41, 5.74) is 0. The number of aliphatic hydroxyl groups is 2. The lowest BCUT2D eigenvalue weighted by atomic mass is 10.3. The number of carbonyl (C=O) groups excluding carboxylic acids is 1. The van der Waals surface area contributed by atoms with Gasteiger partial charge in [0.2, 0.25) is 5.91 Å². The van der Waals surface area contributed by atoms with Crippen molar-refractivity contribution in [3.63, 3.8) is 0 Å². The third kappa shape index (κ3) is 2.94. The van der Waals surface area contributed by atoms with E-state index in [4.69, 9.17) is 4.74 Å². The maximum Gasteiger partial charge on any atom is 0.222 e. The van der Waals surface area contributed by atoms with Crippen molar-refractivity contribution in [1.82, 2.24) is 4.90 Å². The number of likely N-dealkylation sites (tertiary alicyclic amines) is 1. The number of hydrogen-bond acceptors (Lipinski definition) is 4. The minimum atomic E-state index is -0.790. The monoisotopic (exact) mass is 203 g/mol. The van der Waals surface area contributed by atoms with Crippen LogP contribution in [-0.4, -0.2) is 60.0 Å². The second-order valence-electron chi connectivity index (χ2n) is 3.53. The van der Waals surface area contributed by atoms with Crippen molar-refractivity contribution >= 4 is 5.91 Å². The van der Waals surface area contributed by atoms with Crippen LogP contribution in [0.2, 0.25) is 0 Å². The van der Waals surface area contributed by atoms with Gasteiger partial charge < -0.3 is 19.8 Å². The second kappa shape index (κ2) is 5.29. The van der Waals surface area contributed by atoms with E-state index < -0.39 is 12.2 Å². The largest absolute Gasteiger partial charge is 0.388 e. The molecular weight excluding hydrogens is 186 g/mol. The predicted molar refractivity (Wildman–Crippen MR) is 49.7 cm³/mol. The first kappa shape index (κ1) is 11.4. The van der Waals surface area contributed by atoms with Crippen LogP contribution < -0.4 is 0 Å². The Morgan fingerprint density at radius 1 is 1.43 bits per heavy atom. The number of ether oxygens (including phenoxy) is 1. The van der Waals surface area contributed by atoms with Crippen LogP contribution in [0.25, 0.3) is 0 Å². The normalized spacial score (nSPS) is 26.9. The molecule has 2 atom stereocenters. The molecule has 1 heterocycles. The molecule has 0 radical (unpaired) electrons. The summed E-state index contributed by atoms with van der Waals surface area (Å²) in [6, 6.07) is 0. The molecule has 0 spiro atoms. The summed E-state index contributed by atoms with van der Waals surface area (Å²) in [6.45, 7) is 1.05. The molecule has 0 aromatic heterocycles. The number of rotatable bonds is 4. The zero-order chi connectivity index (χ0) is 10.6. The SMILES string of the molecule is COCCCC(=O)N1C[C@@H](O)[C@@H](O)C1. The third-order valence-electron chi connectivity index (χ3n) is 2.35. The summed E-state index contributed by atoms with van der Waals surface area (Å²) in [5.74, 6) is -0.0300. The molecule has 5 heteroatoms. The van der Waals surface area contributed by atoms with E-state index in [9.17, 15) is 15.0 Å². The molecule has 0 unspecified atom stereocenters. The van der Waals surface area contributed by atoms with Crippen LogP contribution in [0.3, 0.4) is 0 Å². The highest BCUT2D eigenvalue weighted by molar-refractivity contribution is 5.76. The molecule has 0 aromatic rings. The molecule has 1 rings (SSSR count). The van der Waals surface area contributed by atoms with Gasteiger partial charge in [-0.05, 0) is 6.42 Å². The molecule has 14 heavy (non-hydrogen) atoms. The number of hydrogen-bond donors (Lipinski definition) is 2. The molecule has 0 aliphatic carbocycles. The second-order valence-corrected chi connectivity index (χ2v) is 3.53. The Balaban J connectivity index is 2.25. The van der Waals surface area contributed by atoms with Gasteiger partial charge in [-0.25, -0.2) is 0 Å². The van der Waals surface area contributed by atoms with Gasteiger partial charge in [0.05, 0.1) is 12.2 Å². The first-order chi connectivity index (χ1) is 6.65. The minimum absolute atomic E-state index is 0.0300. The zero-order valence-corrected chi connectivity index (χ0v) is 8.35. The van der Waals surface area contributed by atoms with Crippen LogP contribution in [0.5, 0.6) is 0 Å². The fourth-order valence-electron chi connectivity index (χ4n) is 1.50. The van der Waals surface area contributed by atoms with Crippen molar-refractivity contribution in [2.24, 2.45) is 0 Å². The number of carbonyl (C=O) groups is 1. The maximum atomic E-state index is 11.5. The van der Waals surface area contributed by atoms with Crippen molar-refractivity contribution in [1.29, 1.82) is 0 Å². The van der Waals surface area contributed by atoms with Gasteiger partial charge in [-0.3, -0.25) is 4.79 Å². The predicted octanol–water partition coefficient (Wildman–Crippen LogP) is -1.02. The van der Waals surface area contributed by atoms with E-state index in [-0.39, 0.29) is 19.0 Å². The van der Waals surface area contributed by atoms with Gasteiger partial charge in [0.25, 0.3) is 0 Å². The molecule has 5 nitrogen and oxygen atoms in total. The van der Waals surface area contributed by atoms with Crippen LogP contribution in [0, 0.1) is 0 Å². The van der Waals surface area contributed by atoms with Gasteiger partial charge >= 0.3 is 0 Å². The minimum Gasteiger partial charge on any atom is -0.388 e. The average molecular weight is 203 g/mol. The quantitative estimate of drug-likeness (QED) is 0.574. The Hall–Kier alpha value is -0.650. The molecule has 0 aromatic carbocycles. The number of nitrogens with zero attached hydrogens (tertiary/aromatic N) is 1. The fraction of sp³-hybridized carbons (Fsp3) is 0.889. The highest BCUT2D eigenvalue weighted by atomic mass is 16.5. The first-order valence-corrected chi connectivity index (χ1v) is 4.78. The fourth-order valence-corrected chi connectivity index (χ4v) is 1.50. The van der Waals surface area contributed by atoms with E-state index in [0.29, 0.717) is 19.4 Å². The Morgan fingerprint density at radius 2 is 2.00 bits per heavy atom. The smallest absolute Gasteiger partial charge is 0.222 e. The van der Waals surface area contributed by atoms with Crippen LogP contribution in [0.1, 0.15) is 12.8 Å². The van der Waals surface area contributed by atoms with Crippen LogP contribution >= 0.6 is 0 Å². The molecular formula is C9H17NO4. The lowest BCUT2D eigenvalue weighted by molar-refractivity contribution is -0.131. The van der Waals surface area contributed by atoms with Crippen molar-refractivity contribution in [3.8, 4) is 0 Å². The van der Waals surface area contributed by atoms with Gasteiger partial charge in [-0.15, -0.1) is 0 Å². The number of amides is 1. The van der Waals surface area contributed by atoms with Crippen LogP contribution in [0.4, 0.5) is 0 Å². The van der Waals surface area contributed by atoms with Gasteiger partial charge in [0, 0.05) is 33.2 Å². The lowest BCUT2D eigenvalue weighted by Gasteiger charge is -2.14. The summed E-state index contributed by atoms with van der Waals surface area (Å²) < 4.78 is 4.83. The highest BCUT2D eigenvalue weighted by Crippen LogP contribution is 2.11. The van der Waals surface area contributed by atoms with Crippen LogP contribution in [0.15, 0.2) is 0 Å². The molecule has 1 aliphatic rings. The molecule has 1 saturated heterocycles. The summed E-state index contributed by atoms with van der Waals surface area (Å²) in [4.78, 5) is 13.0. The van der Waals surface area contributed by atoms with E-state index in [1.165, 1.54) is 4.90 Å². The third-order valence-corrected chi connectivity index (χ3v) is 2.35. The number of aliphatic hydroxyl groups excluding tert-OH is 2. The molecule has 1 aliphatic heterocycles. The Kier molecular flexibility index (Phi) is 4.31. The molecule has 82 valence electrons. The standard InChI is InChI=1S/C9H17NO4/c1-14-4-2-3-9(13)10-5-7(11)8(12)6-10/h7-8,11-12H,2-6H2,1H3/t7-,8+. The summed E-state index contributed by atoms with van der Waals surface area (Å²) in [7, 11) is 1.59. The van der Waals surface area contributed by atoms with E-state index in [0.717, 1.165) is 0 Å². The Morgan fingerprint density at radius 3 is 2.50 bits per heavy atom. The molecule has 1 amide bonds. The van der Waals surface area contributed by atoms with Crippen LogP contribution in [-0.2, 0) is 9.53 Å². The van der Waals surface area contributed by atoms with Gasteiger partial charge in [0.1, 0.15) is 0 Å². The van der Waals surface area contributed by atoms with E-state index in [1.54, 1.807) is 7.11 Å². The van der Waals surface area contributed by atoms with Crippen molar-refractivity contribution in [2.45, 2.75) is 25.0 Å². The zero-order valence-electron chi connectivity index (χ0n) is 8.35. The van der Waals surface area contributed by atoms with E-state index in [1.807, 2.05) is 0 Å².